The molecule has 0 unspecified atom stereocenters. The molecule has 8 nitrogen and oxygen atoms in total. The Morgan fingerprint density at radius 2 is 1.88 bits per heavy atom. The van der Waals surface area contributed by atoms with Gasteiger partial charge in [-0.3, -0.25) is 14.4 Å². The highest BCUT2D eigenvalue weighted by Crippen LogP contribution is 2.49. The van der Waals surface area contributed by atoms with Gasteiger partial charge >= 0.3 is 0 Å². The molecule has 0 aliphatic carbocycles. The predicted octanol–water partition coefficient (Wildman–Crippen LogP) is 1.67. The van der Waals surface area contributed by atoms with Gasteiger partial charge in [0.2, 0.25) is 5.43 Å². The second-order valence-electron chi connectivity index (χ2n) is 8.78. The van der Waals surface area contributed by atoms with E-state index in [0.29, 0.717) is 25.1 Å². The molecule has 1 fully saturated rings. The lowest BCUT2D eigenvalue weighted by atomic mass is 9.88. The van der Waals surface area contributed by atoms with Gasteiger partial charge in [0.25, 0.3) is 11.8 Å². The van der Waals surface area contributed by atoms with Crippen molar-refractivity contribution in [3.63, 3.8) is 0 Å². The maximum absolute atomic E-state index is 13.9. The van der Waals surface area contributed by atoms with Gasteiger partial charge in [0.1, 0.15) is 23.0 Å². The lowest BCUT2D eigenvalue weighted by molar-refractivity contribution is 0.0549. The number of hydrogen-bond acceptors (Lipinski definition) is 5. The first-order chi connectivity index (χ1) is 15.6. The minimum atomic E-state index is -1.26. The number of rotatable bonds is 3. The summed E-state index contributed by atoms with van der Waals surface area (Å²) in [6, 6.07) is 0.918. The quantitative estimate of drug-likeness (QED) is 0.641. The Balaban J connectivity index is 1.61. The standard InChI is InChI=1S/C22H20F3N3O5/c23-10-5-12(24)11(13(25)6-10)8-26-20(32)15-16-14(29)7-22-3-1-2-4-27(9-22)21(33)17(28(16)22)19(31)18(15)30/h5-6,14,29,31H,1-4,7-9H2,(H,26,32)/t14-,22+/m0/s1. The van der Waals surface area contributed by atoms with E-state index < -0.39 is 69.8 Å². The Kier molecular flexibility index (Phi) is 4.78. The van der Waals surface area contributed by atoms with Crippen molar-refractivity contribution in [3.8, 4) is 5.75 Å². The zero-order valence-electron chi connectivity index (χ0n) is 17.3. The number of aromatic nitrogens is 1. The summed E-state index contributed by atoms with van der Waals surface area (Å²) in [5, 5.41) is 23.7. The molecule has 1 aromatic heterocycles. The summed E-state index contributed by atoms with van der Waals surface area (Å²) in [5.41, 5.74) is -3.49. The molecular formula is C22H20F3N3O5. The van der Waals surface area contributed by atoms with Crippen LogP contribution in [0.4, 0.5) is 13.2 Å². The fourth-order valence-corrected chi connectivity index (χ4v) is 5.39. The van der Waals surface area contributed by atoms with Gasteiger partial charge in [0.15, 0.2) is 11.4 Å². The fraction of sp³-hybridized carbons (Fsp3) is 0.409. The molecule has 4 heterocycles. The van der Waals surface area contributed by atoms with Crippen LogP contribution in [0.3, 0.4) is 0 Å². The van der Waals surface area contributed by atoms with Crippen LogP contribution in [0, 0.1) is 17.5 Å². The topological polar surface area (TPSA) is 112 Å². The number of halogens is 3. The number of amides is 2. The number of hydrogen-bond donors (Lipinski definition) is 3. The van der Waals surface area contributed by atoms with Crippen LogP contribution >= 0.6 is 0 Å². The maximum Gasteiger partial charge on any atom is 0.274 e. The monoisotopic (exact) mass is 463 g/mol. The van der Waals surface area contributed by atoms with E-state index in [4.69, 9.17) is 0 Å². The van der Waals surface area contributed by atoms with Crippen molar-refractivity contribution in [2.75, 3.05) is 13.1 Å². The van der Waals surface area contributed by atoms with Gasteiger partial charge < -0.3 is 25.0 Å². The van der Waals surface area contributed by atoms with Crippen LogP contribution in [0.5, 0.6) is 5.75 Å². The number of benzene rings is 1. The molecule has 2 bridgehead atoms. The minimum absolute atomic E-state index is 0.0970. The van der Waals surface area contributed by atoms with Crippen LogP contribution in [0.1, 0.15) is 63.9 Å². The number of aromatic hydroxyl groups is 1. The van der Waals surface area contributed by atoms with Crippen molar-refractivity contribution < 1.29 is 33.0 Å². The average molecular weight is 463 g/mol. The van der Waals surface area contributed by atoms with Crippen molar-refractivity contribution >= 4 is 11.8 Å². The van der Waals surface area contributed by atoms with Crippen LogP contribution in [0.2, 0.25) is 0 Å². The summed E-state index contributed by atoms with van der Waals surface area (Å²) in [7, 11) is 0. The number of carbonyl (C=O) groups is 2. The molecule has 2 aromatic rings. The third-order valence-electron chi connectivity index (χ3n) is 6.80. The number of aliphatic hydroxyl groups is 1. The van der Waals surface area contributed by atoms with E-state index in [1.165, 1.54) is 4.57 Å². The summed E-state index contributed by atoms with van der Waals surface area (Å²) >= 11 is 0. The molecule has 3 aliphatic heterocycles. The van der Waals surface area contributed by atoms with E-state index in [2.05, 4.69) is 5.32 Å². The highest BCUT2D eigenvalue weighted by Gasteiger charge is 2.53. The number of pyridine rings is 1. The van der Waals surface area contributed by atoms with Gasteiger partial charge in [0, 0.05) is 43.8 Å². The van der Waals surface area contributed by atoms with E-state index in [1.807, 2.05) is 0 Å². The SMILES string of the molecule is O=C(NCc1c(F)cc(F)cc1F)c1c2n3c(c(O)c1=O)C(=O)N1CCCC[C@@]3(C[C@@H]2O)C1. The van der Waals surface area contributed by atoms with Crippen LogP contribution in [-0.2, 0) is 12.1 Å². The normalized spacial score (nSPS) is 23.3. The zero-order valence-corrected chi connectivity index (χ0v) is 17.3. The first-order valence-electron chi connectivity index (χ1n) is 10.6. The highest BCUT2D eigenvalue weighted by atomic mass is 19.1. The van der Waals surface area contributed by atoms with Crippen molar-refractivity contribution in [1.29, 1.82) is 0 Å². The lowest BCUT2D eigenvalue weighted by Gasteiger charge is -2.41. The summed E-state index contributed by atoms with van der Waals surface area (Å²) < 4.78 is 42.5. The maximum atomic E-state index is 13.9. The molecule has 3 N–H and O–H groups in total. The summed E-state index contributed by atoms with van der Waals surface area (Å²) in [6.45, 7) is 0.0288. The molecule has 33 heavy (non-hydrogen) atoms. The fourth-order valence-electron chi connectivity index (χ4n) is 5.39. The van der Waals surface area contributed by atoms with Crippen molar-refractivity contribution in [2.24, 2.45) is 0 Å². The lowest BCUT2D eigenvalue weighted by Crippen LogP contribution is -2.52. The molecule has 1 spiro atoms. The molecule has 1 aromatic carbocycles. The average Bonchev–Trinajstić information content (AvgIpc) is 2.90. The Bertz CT molecular complexity index is 1250. The van der Waals surface area contributed by atoms with Crippen LogP contribution in [0.15, 0.2) is 16.9 Å². The third-order valence-corrected chi connectivity index (χ3v) is 6.80. The van der Waals surface area contributed by atoms with E-state index in [1.54, 1.807) is 4.90 Å². The second kappa shape index (κ2) is 7.34. The van der Waals surface area contributed by atoms with Crippen LogP contribution in [0.25, 0.3) is 0 Å². The first-order valence-corrected chi connectivity index (χ1v) is 10.6. The van der Waals surface area contributed by atoms with Crippen molar-refractivity contribution in [2.45, 2.75) is 43.9 Å². The molecule has 0 saturated carbocycles. The number of nitrogens with zero attached hydrogens (tertiary/aromatic N) is 2. The van der Waals surface area contributed by atoms with Crippen LogP contribution < -0.4 is 10.7 Å². The number of nitrogens with one attached hydrogen (secondary N) is 1. The van der Waals surface area contributed by atoms with Crippen LogP contribution in [-0.4, -0.2) is 44.6 Å². The summed E-state index contributed by atoms with van der Waals surface area (Å²) in [6.07, 6.45) is 0.924. The smallest absolute Gasteiger partial charge is 0.274 e. The number of fused-ring (bicyclic) bond motifs is 1. The summed E-state index contributed by atoms with van der Waals surface area (Å²) in [4.78, 5) is 40.5. The van der Waals surface area contributed by atoms with E-state index in [-0.39, 0.29) is 24.4 Å². The van der Waals surface area contributed by atoms with Crippen molar-refractivity contribution in [3.05, 3.63) is 62.3 Å². The number of carbonyl (C=O) groups excluding carboxylic acids is 2. The molecule has 11 heteroatoms. The summed E-state index contributed by atoms with van der Waals surface area (Å²) in [5.74, 6) is -6.10. The second-order valence-corrected chi connectivity index (χ2v) is 8.78. The molecule has 3 aliphatic rings. The predicted molar refractivity (Wildman–Crippen MR) is 107 cm³/mol. The Morgan fingerprint density at radius 1 is 1.18 bits per heavy atom. The van der Waals surface area contributed by atoms with Gasteiger partial charge in [-0.05, 0) is 19.3 Å². The minimum Gasteiger partial charge on any atom is -0.503 e. The van der Waals surface area contributed by atoms with Gasteiger partial charge in [-0.1, -0.05) is 0 Å². The number of aliphatic hydroxyl groups excluding tert-OH is 1. The Labute approximate surface area is 185 Å². The largest absolute Gasteiger partial charge is 0.503 e. The highest BCUT2D eigenvalue weighted by molar-refractivity contribution is 6.00. The Hall–Kier alpha value is -3.34. The molecular weight excluding hydrogens is 443 g/mol. The van der Waals surface area contributed by atoms with Crippen molar-refractivity contribution in [1.82, 2.24) is 14.8 Å². The van der Waals surface area contributed by atoms with E-state index in [9.17, 15) is 37.8 Å². The van der Waals surface area contributed by atoms with Gasteiger partial charge in [-0.2, -0.15) is 0 Å². The molecule has 2 atom stereocenters. The van der Waals surface area contributed by atoms with E-state index >= 15 is 0 Å². The van der Waals surface area contributed by atoms with Gasteiger partial charge in [-0.25, -0.2) is 13.2 Å². The Morgan fingerprint density at radius 3 is 2.58 bits per heavy atom. The van der Waals surface area contributed by atoms with Gasteiger partial charge in [0.05, 0.1) is 17.3 Å². The molecule has 1 saturated heterocycles. The van der Waals surface area contributed by atoms with Gasteiger partial charge in [-0.15, -0.1) is 0 Å². The first kappa shape index (κ1) is 21.5. The molecule has 174 valence electrons. The van der Waals surface area contributed by atoms with E-state index in [0.717, 1.165) is 12.8 Å². The molecule has 0 radical (unpaired) electrons. The zero-order chi connectivity index (χ0) is 23.7. The molecule has 2 amide bonds. The third kappa shape index (κ3) is 3.05. The molecule has 5 rings (SSSR count).